The number of likely N-dealkylation sites (tertiary alicyclic amines) is 1. The Morgan fingerprint density at radius 1 is 1.15 bits per heavy atom. The van der Waals surface area contributed by atoms with Gasteiger partial charge in [0.25, 0.3) is 0 Å². The molecule has 0 aliphatic carbocycles. The molecule has 6 heteroatoms. The zero-order valence-electron chi connectivity index (χ0n) is 14.8. The first-order valence-electron chi connectivity index (χ1n) is 8.36. The molecule has 0 spiro atoms. The van der Waals surface area contributed by atoms with Crippen molar-refractivity contribution in [3.63, 3.8) is 0 Å². The first kappa shape index (κ1) is 18.0. The highest BCUT2D eigenvalue weighted by molar-refractivity contribution is 6.08. The smallest absolute Gasteiger partial charge is 0.237 e. The van der Waals surface area contributed by atoms with Gasteiger partial charge in [-0.2, -0.15) is 0 Å². The minimum absolute atomic E-state index is 0.267. The molecule has 1 aliphatic rings. The van der Waals surface area contributed by atoms with Gasteiger partial charge in [0.2, 0.25) is 11.8 Å². The summed E-state index contributed by atoms with van der Waals surface area (Å²) in [5.41, 5.74) is 2.70. The number of hydrogen-bond acceptors (Lipinski definition) is 2. The maximum Gasteiger partial charge on any atom is 0.237 e. The Morgan fingerprint density at radius 2 is 1.81 bits per heavy atom. The van der Waals surface area contributed by atoms with E-state index in [-0.39, 0.29) is 17.5 Å². The van der Waals surface area contributed by atoms with Crippen molar-refractivity contribution in [2.75, 3.05) is 18.9 Å². The number of benzene rings is 2. The predicted octanol–water partition coefficient (Wildman–Crippen LogP) is 3.39. The van der Waals surface area contributed by atoms with E-state index in [1.165, 1.54) is 17.0 Å². The van der Waals surface area contributed by atoms with E-state index in [0.717, 1.165) is 22.8 Å². The molecule has 1 aliphatic heterocycles. The first-order valence-corrected chi connectivity index (χ1v) is 8.36. The largest absolute Gasteiger partial charge is 0.344 e. The Labute approximate surface area is 150 Å². The molecule has 1 heterocycles. The minimum atomic E-state index is -1.14. The third kappa shape index (κ3) is 3.31. The number of likely N-dealkylation sites (N-methyl/N-ethyl adjacent to an activating group) is 1. The van der Waals surface area contributed by atoms with Gasteiger partial charge < -0.3 is 10.2 Å². The average Bonchev–Trinajstić information content (AvgIpc) is 2.86. The van der Waals surface area contributed by atoms with Gasteiger partial charge in [-0.25, -0.2) is 8.78 Å². The Bertz CT molecular complexity index is 862. The van der Waals surface area contributed by atoms with Crippen molar-refractivity contribution >= 4 is 17.5 Å². The zero-order chi connectivity index (χ0) is 19.0. The normalized spacial score (nSPS) is 19.7. The molecule has 26 heavy (non-hydrogen) atoms. The van der Waals surface area contributed by atoms with Crippen LogP contribution in [0.15, 0.2) is 36.4 Å². The number of hydrogen-bond donors (Lipinski definition) is 1. The van der Waals surface area contributed by atoms with Crippen LogP contribution in [0.4, 0.5) is 14.5 Å². The number of amides is 2. The van der Waals surface area contributed by atoms with Gasteiger partial charge in [-0.3, -0.25) is 9.59 Å². The number of nitrogens with one attached hydrogen (secondary N) is 1. The lowest BCUT2D eigenvalue weighted by molar-refractivity contribution is -0.135. The Morgan fingerprint density at radius 3 is 2.46 bits per heavy atom. The van der Waals surface area contributed by atoms with Crippen LogP contribution in [0.3, 0.4) is 0 Å². The summed E-state index contributed by atoms with van der Waals surface area (Å²) in [4.78, 5) is 26.8. The fraction of sp³-hybridized carbons (Fsp3) is 0.300. The number of carbonyl (C=O) groups excluding carboxylic acids is 2. The van der Waals surface area contributed by atoms with Crippen molar-refractivity contribution in [3.05, 3.63) is 64.7 Å². The summed E-state index contributed by atoms with van der Waals surface area (Å²) in [5.74, 6) is -4.48. The molecule has 2 aromatic carbocycles. The molecular formula is C20H20F2N2O2. The highest BCUT2D eigenvalue weighted by atomic mass is 19.2. The molecule has 136 valence electrons. The molecule has 2 atom stereocenters. The van der Waals surface area contributed by atoms with Gasteiger partial charge >= 0.3 is 0 Å². The molecule has 4 nitrogen and oxygen atoms in total. The standard InChI is InChI=1S/C20H20F2N2O2/c1-11-7-12(2)9-13(8-11)14-10-24(3)20(26)17(14)19(25)23-16-6-4-5-15(21)18(16)22/h4-9,14,17H,10H2,1-3H3,(H,23,25)/t14-,17+/m1/s1. The van der Waals surface area contributed by atoms with Crippen LogP contribution in [0, 0.1) is 31.4 Å². The second-order valence-electron chi connectivity index (χ2n) is 6.81. The van der Waals surface area contributed by atoms with E-state index in [1.54, 1.807) is 7.05 Å². The number of rotatable bonds is 3. The molecular weight excluding hydrogens is 338 g/mol. The summed E-state index contributed by atoms with van der Waals surface area (Å²) in [6.07, 6.45) is 0. The maximum absolute atomic E-state index is 13.9. The van der Waals surface area contributed by atoms with E-state index >= 15 is 0 Å². The molecule has 2 amide bonds. The summed E-state index contributed by atoms with van der Waals surface area (Å²) >= 11 is 0. The van der Waals surface area contributed by atoms with Crippen LogP contribution < -0.4 is 5.32 Å². The monoisotopic (exact) mass is 358 g/mol. The summed E-state index contributed by atoms with van der Waals surface area (Å²) < 4.78 is 27.2. The van der Waals surface area contributed by atoms with Crippen molar-refractivity contribution in [2.45, 2.75) is 19.8 Å². The Hall–Kier alpha value is -2.76. The third-order valence-corrected chi connectivity index (χ3v) is 4.68. The topological polar surface area (TPSA) is 49.4 Å². The van der Waals surface area contributed by atoms with E-state index in [0.29, 0.717) is 6.54 Å². The molecule has 0 saturated carbocycles. The van der Waals surface area contributed by atoms with E-state index in [2.05, 4.69) is 5.32 Å². The zero-order valence-corrected chi connectivity index (χ0v) is 14.8. The lowest BCUT2D eigenvalue weighted by Gasteiger charge is -2.18. The van der Waals surface area contributed by atoms with Crippen molar-refractivity contribution < 1.29 is 18.4 Å². The number of anilines is 1. The molecule has 0 aromatic heterocycles. The van der Waals surface area contributed by atoms with Gasteiger partial charge in [0, 0.05) is 19.5 Å². The number of nitrogens with zero attached hydrogens (tertiary/aromatic N) is 1. The van der Waals surface area contributed by atoms with Crippen molar-refractivity contribution in [1.29, 1.82) is 0 Å². The number of halogens is 2. The molecule has 2 aromatic rings. The first-order chi connectivity index (χ1) is 12.3. The Balaban J connectivity index is 1.93. The van der Waals surface area contributed by atoms with Crippen LogP contribution in [0.2, 0.25) is 0 Å². The quantitative estimate of drug-likeness (QED) is 0.855. The van der Waals surface area contributed by atoms with E-state index in [1.807, 2.05) is 32.0 Å². The van der Waals surface area contributed by atoms with Crippen molar-refractivity contribution in [3.8, 4) is 0 Å². The van der Waals surface area contributed by atoms with Crippen molar-refractivity contribution in [2.24, 2.45) is 5.92 Å². The lowest BCUT2D eigenvalue weighted by Crippen LogP contribution is -2.33. The van der Waals surface area contributed by atoms with Crippen LogP contribution in [0.1, 0.15) is 22.6 Å². The van der Waals surface area contributed by atoms with Gasteiger partial charge in [-0.05, 0) is 31.5 Å². The van der Waals surface area contributed by atoms with Crippen LogP contribution in [0.25, 0.3) is 0 Å². The molecule has 0 bridgehead atoms. The molecule has 1 N–H and O–H groups in total. The van der Waals surface area contributed by atoms with Crippen LogP contribution in [-0.2, 0) is 9.59 Å². The van der Waals surface area contributed by atoms with E-state index in [4.69, 9.17) is 0 Å². The second-order valence-corrected chi connectivity index (χ2v) is 6.81. The van der Waals surface area contributed by atoms with Gasteiger partial charge in [0.05, 0.1) is 5.69 Å². The fourth-order valence-electron chi connectivity index (χ4n) is 3.53. The molecule has 1 fully saturated rings. The molecule has 1 saturated heterocycles. The van der Waals surface area contributed by atoms with Crippen molar-refractivity contribution in [1.82, 2.24) is 4.90 Å². The summed E-state index contributed by atoms with van der Waals surface area (Å²) in [7, 11) is 1.63. The van der Waals surface area contributed by atoms with Crippen LogP contribution >= 0.6 is 0 Å². The number of carbonyl (C=O) groups is 2. The van der Waals surface area contributed by atoms with Gasteiger partial charge in [0.1, 0.15) is 5.92 Å². The molecule has 0 unspecified atom stereocenters. The van der Waals surface area contributed by atoms with Gasteiger partial charge in [0.15, 0.2) is 11.6 Å². The van der Waals surface area contributed by atoms with E-state index in [9.17, 15) is 18.4 Å². The second kappa shape index (κ2) is 6.86. The molecule has 0 radical (unpaired) electrons. The van der Waals surface area contributed by atoms with E-state index < -0.39 is 23.5 Å². The summed E-state index contributed by atoms with van der Waals surface area (Å²) in [6.45, 7) is 4.30. The lowest BCUT2D eigenvalue weighted by atomic mass is 9.86. The average molecular weight is 358 g/mol. The SMILES string of the molecule is Cc1cc(C)cc([C@H]2CN(C)C(=O)[C@@H]2C(=O)Nc2cccc(F)c2F)c1. The third-order valence-electron chi connectivity index (χ3n) is 4.68. The predicted molar refractivity (Wildman–Crippen MR) is 94.8 cm³/mol. The Kier molecular flexibility index (Phi) is 4.76. The van der Waals surface area contributed by atoms with Gasteiger partial charge in [-0.15, -0.1) is 0 Å². The highest BCUT2D eigenvalue weighted by Crippen LogP contribution is 2.35. The summed E-state index contributed by atoms with van der Waals surface area (Å²) in [6, 6.07) is 9.46. The minimum Gasteiger partial charge on any atom is -0.344 e. The molecule has 3 rings (SSSR count). The van der Waals surface area contributed by atoms with Crippen LogP contribution in [0.5, 0.6) is 0 Å². The maximum atomic E-state index is 13.9. The fourth-order valence-corrected chi connectivity index (χ4v) is 3.53. The number of aryl methyl sites for hydroxylation is 2. The van der Waals surface area contributed by atoms with Crippen LogP contribution in [-0.4, -0.2) is 30.3 Å². The van der Waals surface area contributed by atoms with Gasteiger partial charge in [-0.1, -0.05) is 35.4 Å². The summed E-state index contributed by atoms with van der Waals surface area (Å²) in [5, 5.41) is 2.37. The highest BCUT2D eigenvalue weighted by Gasteiger charge is 2.44.